The Labute approximate surface area is 92.8 Å². The van der Waals surface area contributed by atoms with Gasteiger partial charge in [-0.1, -0.05) is 0 Å². The lowest BCUT2D eigenvalue weighted by Crippen LogP contribution is -2.09. The van der Waals surface area contributed by atoms with E-state index in [0.717, 1.165) is 7.11 Å². The van der Waals surface area contributed by atoms with Gasteiger partial charge >= 0.3 is 11.7 Å². The zero-order valence-corrected chi connectivity index (χ0v) is 8.39. The Morgan fingerprint density at radius 3 is 2.59 bits per heavy atom. The summed E-state index contributed by atoms with van der Waals surface area (Å²) in [7, 11) is 1.00. The van der Waals surface area contributed by atoms with Crippen molar-refractivity contribution in [2.24, 2.45) is 0 Å². The van der Waals surface area contributed by atoms with Crippen molar-refractivity contribution in [3.8, 4) is 5.75 Å². The van der Waals surface area contributed by atoms with Crippen molar-refractivity contribution in [2.75, 3.05) is 7.11 Å². The topological polar surface area (TPSA) is 103 Å². The van der Waals surface area contributed by atoms with Crippen LogP contribution in [0.5, 0.6) is 5.75 Å². The molecule has 0 saturated carbocycles. The molecule has 0 amide bonds. The smallest absolute Gasteiger partial charge is 0.361 e. The van der Waals surface area contributed by atoms with Gasteiger partial charge in [0.05, 0.1) is 12.0 Å². The SMILES string of the molecule is COc1cc(C(F)F)nc(C(=O)O)c1[N+](=O)[O-]. The average molecular weight is 248 g/mol. The van der Waals surface area contributed by atoms with Crippen LogP contribution >= 0.6 is 0 Å². The third kappa shape index (κ3) is 2.44. The maximum absolute atomic E-state index is 12.4. The number of hydrogen-bond acceptors (Lipinski definition) is 5. The zero-order chi connectivity index (χ0) is 13.2. The molecule has 0 aliphatic heterocycles. The van der Waals surface area contributed by atoms with Gasteiger partial charge in [0.25, 0.3) is 6.43 Å². The van der Waals surface area contributed by atoms with Crippen molar-refractivity contribution in [2.45, 2.75) is 6.43 Å². The molecule has 0 bridgehead atoms. The summed E-state index contributed by atoms with van der Waals surface area (Å²) in [6.07, 6.45) is -3.05. The number of rotatable bonds is 4. The van der Waals surface area contributed by atoms with Crippen molar-refractivity contribution in [1.29, 1.82) is 0 Å². The van der Waals surface area contributed by atoms with Gasteiger partial charge in [0, 0.05) is 6.07 Å². The van der Waals surface area contributed by atoms with E-state index in [2.05, 4.69) is 9.72 Å². The summed E-state index contributed by atoms with van der Waals surface area (Å²) < 4.78 is 29.3. The Bertz CT molecular complexity index is 477. The van der Waals surface area contributed by atoms with Crippen LogP contribution in [0.15, 0.2) is 6.07 Å². The Morgan fingerprint density at radius 1 is 1.65 bits per heavy atom. The first-order valence-corrected chi connectivity index (χ1v) is 4.13. The predicted octanol–water partition coefficient (Wildman–Crippen LogP) is 1.63. The molecule has 0 radical (unpaired) electrons. The van der Waals surface area contributed by atoms with Gasteiger partial charge in [-0.05, 0) is 0 Å². The minimum atomic E-state index is -3.05. The van der Waals surface area contributed by atoms with E-state index in [9.17, 15) is 23.7 Å². The molecule has 0 fully saturated rings. The zero-order valence-electron chi connectivity index (χ0n) is 8.39. The molecule has 0 saturated heterocycles. The van der Waals surface area contributed by atoms with Crippen LogP contribution in [-0.4, -0.2) is 28.1 Å². The van der Waals surface area contributed by atoms with Gasteiger partial charge in [0.2, 0.25) is 11.4 Å². The van der Waals surface area contributed by atoms with Gasteiger partial charge in [-0.3, -0.25) is 10.1 Å². The molecule has 0 atom stereocenters. The van der Waals surface area contributed by atoms with Crippen molar-refractivity contribution in [3.05, 3.63) is 27.6 Å². The van der Waals surface area contributed by atoms with E-state index in [1.807, 2.05) is 0 Å². The monoisotopic (exact) mass is 248 g/mol. The van der Waals surface area contributed by atoms with E-state index in [0.29, 0.717) is 6.07 Å². The number of carbonyl (C=O) groups is 1. The number of halogens is 2. The number of carboxylic acids is 1. The molecule has 7 nitrogen and oxygen atoms in total. The molecule has 1 aromatic rings. The fourth-order valence-corrected chi connectivity index (χ4v) is 1.13. The third-order valence-electron chi connectivity index (χ3n) is 1.81. The van der Waals surface area contributed by atoms with Crippen molar-refractivity contribution >= 4 is 11.7 Å². The summed E-state index contributed by atoms with van der Waals surface area (Å²) in [5.74, 6) is -2.35. The van der Waals surface area contributed by atoms with Crippen LogP contribution < -0.4 is 4.74 Å². The lowest BCUT2D eigenvalue weighted by Gasteiger charge is -2.06. The van der Waals surface area contributed by atoms with Gasteiger partial charge < -0.3 is 9.84 Å². The molecule has 1 heterocycles. The Kier molecular flexibility index (Phi) is 3.51. The molecule has 1 aromatic heterocycles. The minimum absolute atomic E-state index is 0.572. The molecule has 0 aromatic carbocycles. The molecular weight excluding hydrogens is 242 g/mol. The van der Waals surface area contributed by atoms with Gasteiger partial charge in [-0.2, -0.15) is 0 Å². The van der Waals surface area contributed by atoms with Crippen LogP contribution in [0.3, 0.4) is 0 Å². The van der Waals surface area contributed by atoms with Crippen LogP contribution in [-0.2, 0) is 0 Å². The largest absolute Gasteiger partial charge is 0.490 e. The molecule has 92 valence electrons. The second-order valence-corrected chi connectivity index (χ2v) is 2.81. The van der Waals surface area contributed by atoms with E-state index in [1.165, 1.54) is 0 Å². The van der Waals surface area contributed by atoms with E-state index in [-0.39, 0.29) is 0 Å². The van der Waals surface area contributed by atoms with Gasteiger partial charge in [-0.15, -0.1) is 0 Å². The number of pyridine rings is 1. The highest BCUT2D eigenvalue weighted by atomic mass is 19.3. The molecule has 1 rings (SSSR count). The molecule has 9 heteroatoms. The highest BCUT2D eigenvalue weighted by molar-refractivity contribution is 5.91. The lowest BCUT2D eigenvalue weighted by atomic mass is 10.2. The lowest BCUT2D eigenvalue weighted by molar-refractivity contribution is -0.386. The van der Waals surface area contributed by atoms with Crippen LogP contribution in [0.2, 0.25) is 0 Å². The quantitative estimate of drug-likeness (QED) is 0.641. The van der Waals surface area contributed by atoms with Gasteiger partial charge in [0.1, 0.15) is 5.69 Å². The molecule has 0 aliphatic carbocycles. The number of methoxy groups -OCH3 is 1. The fraction of sp³-hybridized carbons (Fsp3) is 0.250. The first kappa shape index (κ1) is 12.7. The van der Waals surface area contributed by atoms with Crippen LogP contribution in [0.25, 0.3) is 0 Å². The maximum Gasteiger partial charge on any atom is 0.361 e. The van der Waals surface area contributed by atoms with E-state index in [4.69, 9.17) is 5.11 Å². The van der Waals surface area contributed by atoms with E-state index >= 15 is 0 Å². The van der Waals surface area contributed by atoms with Gasteiger partial charge in [0.15, 0.2) is 0 Å². The molecular formula is C8H6F2N2O5. The summed E-state index contributed by atoms with van der Waals surface area (Å²) in [4.78, 5) is 23.3. The van der Waals surface area contributed by atoms with Crippen LogP contribution in [0.4, 0.5) is 14.5 Å². The first-order valence-electron chi connectivity index (χ1n) is 4.13. The number of ether oxygens (including phenoxy) is 1. The number of hydrogen-bond donors (Lipinski definition) is 1. The average Bonchev–Trinajstić information content (AvgIpc) is 2.26. The predicted molar refractivity (Wildman–Crippen MR) is 49.4 cm³/mol. The Morgan fingerprint density at radius 2 is 2.24 bits per heavy atom. The van der Waals surface area contributed by atoms with Crippen LogP contribution in [0, 0.1) is 10.1 Å². The molecule has 17 heavy (non-hydrogen) atoms. The number of aromatic nitrogens is 1. The fourth-order valence-electron chi connectivity index (χ4n) is 1.13. The maximum atomic E-state index is 12.4. The summed E-state index contributed by atoms with van der Waals surface area (Å²) in [6, 6.07) is 0.634. The normalized spacial score (nSPS) is 10.4. The summed E-state index contributed by atoms with van der Waals surface area (Å²) in [6.45, 7) is 0. The highest BCUT2D eigenvalue weighted by Gasteiger charge is 2.30. The highest BCUT2D eigenvalue weighted by Crippen LogP contribution is 2.33. The number of carboxylic acid groups (broad SMARTS) is 1. The number of nitrogens with zero attached hydrogens (tertiary/aromatic N) is 2. The standard InChI is InChI=1S/C8H6F2N2O5/c1-17-4-2-3(7(9)10)11-5(8(13)14)6(4)12(15)16/h2,7H,1H3,(H,13,14). The Hall–Kier alpha value is -2.32. The van der Waals surface area contributed by atoms with Gasteiger partial charge in [-0.25, -0.2) is 18.6 Å². The second-order valence-electron chi connectivity index (χ2n) is 2.81. The summed E-state index contributed by atoms with van der Waals surface area (Å²) >= 11 is 0. The molecule has 1 N–H and O–H groups in total. The number of nitro groups is 1. The molecule has 0 aliphatic rings. The van der Waals surface area contributed by atoms with Crippen molar-refractivity contribution in [1.82, 2.24) is 4.98 Å². The summed E-state index contributed by atoms with van der Waals surface area (Å²) in [5.41, 5.74) is -2.93. The van der Waals surface area contributed by atoms with Crippen molar-refractivity contribution in [3.63, 3.8) is 0 Å². The number of aromatic carboxylic acids is 1. The van der Waals surface area contributed by atoms with Crippen molar-refractivity contribution < 1.29 is 28.3 Å². The minimum Gasteiger partial charge on any atom is -0.490 e. The molecule has 0 unspecified atom stereocenters. The third-order valence-corrected chi connectivity index (χ3v) is 1.81. The van der Waals surface area contributed by atoms with E-state index < -0.39 is 40.1 Å². The second kappa shape index (κ2) is 4.68. The Balaban J connectivity index is 3.57. The van der Waals surface area contributed by atoms with E-state index in [1.54, 1.807) is 0 Å². The van der Waals surface area contributed by atoms with Crippen LogP contribution in [0.1, 0.15) is 22.6 Å². The first-order chi connectivity index (χ1) is 7.88. The summed E-state index contributed by atoms with van der Waals surface area (Å²) in [5, 5.41) is 19.3. The molecule has 0 spiro atoms. The number of alkyl halides is 2.